The van der Waals surface area contributed by atoms with E-state index < -0.39 is 6.09 Å². The fourth-order valence-electron chi connectivity index (χ4n) is 4.71. The predicted molar refractivity (Wildman–Crippen MR) is 92.5 cm³/mol. The van der Waals surface area contributed by atoms with Crippen LogP contribution in [0.1, 0.15) is 38.5 Å². The number of rotatable bonds is 3. The molecule has 0 aromatic heterocycles. The minimum Gasteiger partial charge on any atom is -0.465 e. The normalized spacial score (nSPS) is 30.6. The lowest BCUT2D eigenvalue weighted by Gasteiger charge is -2.40. The van der Waals surface area contributed by atoms with Crippen molar-refractivity contribution in [1.82, 2.24) is 4.90 Å². The van der Waals surface area contributed by atoms with Crippen LogP contribution in [0, 0.1) is 0 Å². The van der Waals surface area contributed by atoms with E-state index in [1.165, 1.54) is 5.69 Å². The lowest BCUT2D eigenvalue weighted by Crippen LogP contribution is -2.49. The second kappa shape index (κ2) is 6.63. The van der Waals surface area contributed by atoms with E-state index in [0.717, 1.165) is 51.6 Å². The first kappa shape index (κ1) is 15.8. The highest BCUT2D eigenvalue weighted by Gasteiger charge is 2.44. The third-order valence-corrected chi connectivity index (χ3v) is 5.86. The number of carbonyl (C=O) groups is 1. The van der Waals surface area contributed by atoms with E-state index in [1.54, 1.807) is 4.90 Å². The fraction of sp³-hybridized carbons (Fsp3) is 0.632. The van der Waals surface area contributed by atoms with Gasteiger partial charge in [-0.05, 0) is 50.7 Å². The second-order valence-corrected chi connectivity index (χ2v) is 7.33. The Morgan fingerprint density at radius 3 is 2.17 bits per heavy atom. The summed E-state index contributed by atoms with van der Waals surface area (Å²) in [7, 11) is 0. The van der Waals surface area contributed by atoms with Crippen molar-refractivity contribution in [2.24, 2.45) is 0 Å². The zero-order chi connectivity index (χ0) is 16.5. The van der Waals surface area contributed by atoms with Crippen LogP contribution in [0.25, 0.3) is 0 Å². The number of carboxylic acid groups (broad SMARTS) is 1. The van der Waals surface area contributed by atoms with E-state index in [9.17, 15) is 9.90 Å². The summed E-state index contributed by atoms with van der Waals surface area (Å²) in [6.45, 7) is 2.07. The number of para-hydroxylation sites is 1. The van der Waals surface area contributed by atoms with Gasteiger partial charge in [0.1, 0.15) is 0 Å². The third-order valence-electron chi connectivity index (χ3n) is 5.86. The summed E-state index contributed by atoms with van der Waals surface area (Å²) in [5.74, 6) is 0. The number of anilines is 1. The highest BCUT2D eigenvalue weighted by Crippen LogP contribution is 2.37. The Morgan fingerprint density at radius 1 is 0.958 bits per heavy atom. The van der Waals surface area contributed by atoms with Crippen LogP contribution in [-0.4, -0.2) is 53.5 Å². The zero-order valence-corrected chi connectivity index (χ0v) is 14.0. The monoisotopic (exact) mass is 330 g/mol. The quantitative estimate of drug-likeness (QED) is 0.923. The molecular formula is C19H26N2O3. The summed E-state index contributed by atoms with van der Waals surface area (Å²) in [6.07, 6.45) is 5.69. The molecule has 3 saturated heterocycles. The maximum absolute atomic E-state index is 11.4. The predicted octanol–water partition coefficient (Wildman–Crippen LogP) is 3.35. The molecule has 130 valence electrons. The Bertz CT molecular complexity index is 557. The van der Waals surface area contributed by atoms with Crippen LogP contribution in [0.2, 0.25) is 0 Å². The molecule has 3 aliphatic heterocycles. The Morgan fingerprint density at radius 2 is 1.58 bits per heavy atom. The zero-order valence-electron chi connectivity index (χ0n) is 14.0. The van der Waals surface area contributed by atoms with Crippen LogP contribution in [0.4, 0.5) is 10.5 Å². The van der Waals surface area contributed by atoms with Gasteiger partial charge in [0, 0.05) is 30.9 Å². The van der Waals surface area contributed by atoms with Crippen LogP contribution in [0.5, 0.6) is 0 Å². The lowest BCUT2D eigenvalue weighted by molar-refractivity contribution is -0.0632. The van der Waals surface area contributed by atoms with Crippen molar-refractivity contribution in [2.75, 3.05) is 18.0 Å². The van der Waals surface area contributed by atoms with Crippen LogP contribution in [-0.2, 0) is 4.74 Å². The molecule has 2 atom stereocenters. The summed E-state index contributed by atoms with van der Waals surface area (Å²) in [5.41, 5.74) is 1.30. The van der Waals surface area contributed by atoms with Crippen molar-refractivity contribution < 1.29 is 14.6 Å². The summed E-state index contributed by atoms with van der Waals surface area (Å²) in [5, 5.41) is 9.34. The van der Waals surface area contributed by atoms with Crippen LogP contribution in [0.3, 0.4) is 0 Å². The van der Waals surface area contributed by atoms with E-state index >= 15 is 0 Å². The average Bonchev–Trinajstić information content (AvgIpc) is 2.88. The van der Waals surface area contributed by atoms with Gasteiger partial charge >= 0.3 is 6.09 Å². The average molecular weight is 330 g/mol. The summed E-state index contributed by atoms with van der Waals surface area (Å²) >= 11 is 0. The molecule has 1 amide bonds. The maximum Gasteiger partial charge on any atom is 0.407 e. The van der Waals surface area contributed by atoms with Crippen LogP contribution >= 0.6 is 0 Å². The highest BCUT2D eigenvalue weighted by atomic mass is 16.5. The number of amides is 1. The third kappa shape index (κ3) is 3.09. The minimum absolute atomic E-state index is 0.177. The van der Waals surface area contributed by atoms with Gasteiger partial charge in [0.05, 0.1) is 12.2 Å². The van der Waals surface area contributed by atoms with E-state index in [-0.39, 0.29) is 18.2 Å². The van der Waals surface area contributed by atoms with Gasteiger partial charge in [0.25, 0.3) is 0 Å². The number of piperidine rings is 2. The number of nitrogens with zero attached hydrogens (tertiary/aromatic N) is 2. The van der Waals surface area contributed by atoms with Crippen molar-refractivity contribution in [1.29, 1.82) is 0 Å². The molecule has 2 bridgehead atoms. The number of hydrogen-bond acceptors (Lipinski definition) is 3. The largest absolute Gasteiger partial charge is 0.465 e. The van der Waals surface area contributed by atoms with Gasteiger partial charge in [-0.25, -0.2) is 4.79 Å². The minimum atomic E-state index is -0.753. The molecule has 5 nitrogen and oxygen atoms in total. The number of fused-ring (bicyclic) bond motifs is 2. The van der Waals surface area contributed by atoms with Gasteiger partial charge in [0.2, 0.25) is 0 Å². The van der Waals surface area contributed by atoms with Crippen molar-refractivity contribution in [3.05, 3.63) is 30.3 Å². The van der Waals surface area contributed by atoms with E-state index in [4.69, 9.17) is 4.74 Å². The highest BCUT2D eigenvalue weighted by molar-refractivity contribution is 5.66. The van der Waals surface area contributed by atoms with Gasteiger partial charge in [-0.2, -0.15) is 0 Å². The molecule has 1 aromatic rings. The smallest absolute Gasteiger partial charge is 0.407 e. The Kier molecular flexibility index (Phi) is 4.35. The molecule has 24 heavy (non-hydrogen) atoms. The first-order chi connectivity index (χ1) is 11.7. The second-order valence-electron chi connectivity index (χ2n) is 7.33. The molecule has 5 heteroatoms. The lowest BCUT2D eigenvalue weighted by atomic mass is 9.99. The van der Waals surface area contributed by atoms with Crippen molar-refractivity contribution in [3.8, 4) is 0 Å². The van der Waals surface area contributed by atoms with Gasteiger partial charge in [-0.15, -0.1) is 0 Å². The van der Waals surface area contributed by atoms with Crippen molar-refractivity contribution in [3.63, 3.8) is 0 Å². The van der Waals surface area contributed by atoms with Gasteiger partial charge in [-0.1, -0.05) is 18.2 Å². The Hall–Kier alpha value is -1.75. The molecule has 2 unspecified atom stereocenters. The molecule has 1 N–H and O–H groups in total. The number of ether oxygens (including phenoxy) is 1. The molecule has 0 radical (unpaired) electrons. The van der Waals surface area contributed by atoms with Gasteiger partial charge < -0.3 is 19.6 Å². The molecule has 3 fully saturated rings. The van der Waals surface area contributed by atoms with Crippen LogP contribution in [0.15, 0.2) is 30.3 Å². The first-order valence-electron chi connectivity index (χ1n) is 9.17. The molecule has 0 spiro atoms. The molecular weight excluding hydrogens is 304 g/mol. The maximum atomic E-state index is 11.4. The summed E-state index contributed by atoms with van der Waals surface area (Å²) in [6, 6.07) is 10.9. The fourth-order valence-corrected chi connectivity index (χ4v) is 4.71. The molecule has 1 aromatic carbocycles. The SMILES string of the molecule is O=C(O)N1C2CCC1CC(OC1CCN(c3ccccc3)CC1)C2. The molecule has 3 aliphatic rings. The summed E-state index contributed by atoms with van der Waals surface area (Å²) < 4.78 is 6.38. The first-order valence-corrected chi connectivity index (χ1v) is 9.17. The Labute approximate surface area is 143 Å². The molecule has 0 saturated carbocycles. The molecule has 3 heterocycles. The van der Waals surface area contributed by atoms with E-state index in [0.29, 0.717) is 6.10 Å². The van der Waals surface area contributed by atoms with Gasteiger partial charge in [-0.3, -0.25) is 0 Å². The molecule has 4 rings (SSSR count). The number of benzene rings is 1. The van der Waals surface area contributed by atoms with E-state index in [2.05, 4.69) is 35.2 Å². The number of hydrogen-bond donors (Lipinski definition) is 1. The van der Waals surface area contributed by atoms with Crippen LogP contribution < -0.4 is 4.90 Å². The standard InChI is InChI=1S/C19H26N2O3/c22-19(23)21-15-6-7-16(21)13-18(12-15)24-17-8-10-20(11-9-17)14-4-2-1-3-5-14/h1-5,15-18H,6-13H2,(H,22,23). The molecule has 0 aliphatic carbocycles. The van der Waals surface area contributed by atoms with Crippen molar-refractivity contribution >= 4 is 11.8 Å². The van der Waals surface area contributed by atoms with E-state index in [1.807, 2.05) is 0 Å². The summed E-state index contributed by atoms with van der Waals surface area (Å²) in [4.78, 5) is 15.5. The van der Waals surface area contributed by atoms with Crippen molar-refractivity contribution in [2.45, 2.75) is 62.8 Å². The Balaban J connectivity index is 1.29. The van der Waals surface area contributed by atoms with Gasteiger partial charge in [0.15, 0.2) is 0 Å². The topological polar surface area (TPSA) is 53.0 Å².